The first kappa shape index (κ1) is 11.9. The van der Waals surface area contributed by atoms with Crippen molar-refractivity contribution in [2.75, 3.05) is 32.5 Å². The third-order valence-corrected chi connectivity index (χ3v) is 3.17. The first-order valence-corrected chi connectivity index (χ1v) is 5.85. The average Bonchev–Trinajstić information content (AvgIpc) is 2.78. The summed E-state index contributed by atoms with van der Waals surface area (Å²) < 4.78 is 5.12. The largest absolute Gasteiger partial charge is 0.398 e. The summed E-state index contributed by atoms with van der Waals surface area (Å²) in [7, 11) is 1.69. The number of hydrogen-bond acceptors (Lipinski definition) is 3. The minimum atomic E-state index is 0.0294. The molecule has 0 aliphatic carbocycles. The van der Waals surface area contributed by atoms with Gasteiger partial charge in [0.25, 0.3) is 5.91 Å². The van der Waals surface area contributed by atoms with E-state index in [0.29, 0.717) is 23.8 Å². The SMILES string of the molecule is COCC1CCN(C(=O)c2ccccc2N)C1. The molecule has 2 rings (SSSR count). The summed E-state index contributed by atoms with van der Waals surface area (Å²) in [6.07, 6.45) is 1.01. The van der Waals surface area contributed by atoms with Crippen LogP contribution in [-0.2, 0) is 4.74 Å². The Morgan fingerprint density at radius 1 is 1.53 bits per heavy atom. The van der Waals surface area contributed by atoms with Gasteiger partial charge >= 0.3 is 0 Å². The summed E-state index contributed by atoms with van der Waals surface area (Å²) in [4.78, 5) is 14.1. The predicted octanol–water partition coefficient (Wildman–Crippen LogP) is 1.38. The van der Waals surface area contributed by atoms with E-state index < -0.39 is 0 Å². The summed E-state index contributed by atoms with van der Waals surface area (Å²) in [5, 5.41) is 0. The molecule has 1 atom stereocenters. The minimum absolute atomic E-state index is 0.0294. The van der Waals surface area contributed by atoms with Gasteiger partial charge in [0.05, 0.1) is 12.2 Å². The van der Waals surface area contributed by atoms with Crippen LogP contribution in [0.1, 0.15) is 16.8 Å². The van der Waals surface area contributed by atoms with E-state index in [4.69, 9.17) is 10.5 Å². The molecule has 1 unspecified atom stereocenters. The van der Waals surface area contributed by atoms with E-state index in [1.807, 2.05) is 17.0 Å². The van der Waals surface area contributed by atoms with E-state index in [1.165, 1.54) is 0 Å². The Labute approximate surface area is 101 Å². The molecule has 1 amide bonds. The fourth-order valence-corrected chi connectivity index (χ4v) is 2.25. The number of carbonyl (C=O) groups excluding carboxylic acids is 1. The highest BCUT2D eigenvalue weighted by atomic mass is 16.5. The van der Waals surface area contributed by atoms with Crippen molar-refractivity contribution < 1.29 is 9.53 Å². The maximum Gasteiger partial charge on any atom is 0.255 e. The van der Waals surface area contributed by atoms with Gasteiger partial charge in [-0.25, -0.2) is 0 Å². The molecule has 1 heterocycles. The number of nitrogens with two attached hydrogens (primary N) is 1. The quantitative estimate of drug-likeness (QED) is 0.804. The van der Waals surface area contributed by atoms with Crippen molar-refractivity contribution in [2.45, 2.75) is 6.42 Å². The van der Waals surface area contributed by atoms with Crippen LogP contribution < -0.4 is 5.73 Å². The number of methoxy groups -OCH3 is 1. The van der Waals surface area contributed by atoms with E-state index in [-0.39, 0.29) is 5.91 Å². The lowest BCUT2D eigenvalue weighted by molar-refractivity contribution is 0.0776. The monoisotopic (exact) mass is 234 g/mol. The van der Waals surface area contributed by atoms with Crippen molar-refractivity contribution in [3.05, 3.63) is 29.8 Å². The molecule has 2 N–H and O–H groups in total. The predicted molar refractivity (Wildman–Crippen MR) is 66.7 cm³/mol. The Hall–Kier alpha value is -1.55. The minimum Gasteiger partial charge on any atom is -0.398 e. The van der Waals surface area contributed by atoms with Gasteiger partial charge in [0.15, 0.2) is 0 Å². The molecule has 1 fully saturated rings. The number of amides is 1. The first-order valence-electron chi connectivity index (χ1n) is 5.85. The van der Waals surface area contributed by atoms with Crippen LogP contribution in [0, 0.1) is 5.92 Å². The van der Waals surface area contributed by atoms with Gasteiger partial charge in [-0.3, -0.25) is 4.79 Å². The summed E-state index contributed by atoms with van der Waals surface area (Å²) in [5.41, 5.74) is 6.96. The molecule has 0 bridgehead atoms. The molecule has 92 valence electrons. The van der Waals surface area contributed by atoms with Crippen LogP contribution in [-0.4, -0.2) is 37.6 Å². The average molecular weight is 234 g/mol. The third kappa shape index (κ3) is 2.58. The lowest BCUT2D eigenvalue weighted by atomic mass is 10.1. The molecular weight excluding hydrogens is 216 g/mol. The Kier molecular flexibility index (Phi) is 3.64. The highest BCUT2D eigenvalue weighted by Crippen LogP contribution is 2.21. The third-order valence-electron chi connectivity index (χ3n) is 3.17. The van der Waals surface area contributed by atoms with Crippen LogP contribution in [0.25, 0.3) is 0 Å². The fraction of sp³-hybridized carbons (Fsp3) is 0.462. The number of rotatable bonds is 3. The van der Waals surface area contributed by atoms with Gasteiger partial charge in [-0.15, -0.1) is 0 Å². The van der Waals surface area contributed by atoms with Crippen LogP contribution in [0.2, 0.25) is 0 Å². The van der Waals surface area contributed by atoms with E-state index in [1.54, 1.807) is 19.2 Å². The summed E-state index contributed by atoms with van der Waals surface area (Å²) in [6, 6.07) is 7.22. The molecule has 4 heteroatoms. The van der Waals surface area contributed by atoms with Gasteiger partial charge in [-0.1, -0.05) is 12.1 Å². The topological polar surface area (TPSA) is 55.6 Å². The van der Waals surface area contributed by atoms with Crippen molar-refractivity contribution in [2.24, 2.45) is 5.92 Å². The van der Waals surface area contributed by atoms with E-state index in [0.717, 1.165) is 19.5 Å². The van der Waals surface area contributed by atoms with Crippen LogP contribution in [0.4, 0.5) is 5.69 Å². The zero-order chi connectivity index (χ0) is 12.3. The molecule has 1 aliphatic heterocycles. The highest BCUT2D eigenvalue weighted by Gasteiger charge is 2.27. The summed E-state index contributed by atoms with van der Waals surface area (Å²) in [5.74, 6) is 0.482. The molecular formula is C13H18N2O2. The number of para-hydroxylation sites is 1. The van der Waals surface area contributed by atoms with Gasteiger partial charge in [0.2, 0.25) is 0 Å². The Bertz CT molecular complexity index is 406. The number of nitrogen functional groups attached to an aromatic ring is 1. The van der Waals surface area contributed by atoms with Crippen molar-refractivity contribution in [3.63, 3.8) is 0 Å². The van der Waals surface area contributed by atoms with E-state index in [9.17, 15) is 4.79 Å². The molecule has 1 aromatic carbocycles. The zero-order valence-corrected chi connectivity index (χ0v) is 10.1. The first-order chi connectivity index (χ1) is 8.22. The van der Waals surface area contributed by atoms with E-state index in [2.05, 4.69) is 0 Å². The molecule has 0 aromatic heterocycles. The van der Waals surface area contributed by atoms with Crippen molar-refractivity contribution in [3.8, 4) is 0 Å². The molecule has 1 saturated heterocycles. The maximum absolute atomic E-state index is 12.2. The number of anilines is 1. The number of carbonyl (C=O) groups is 1. The van der Waals surface area contributed by atoms with E-state index >= 15 is 0 Å². The van der Waals surface area contributed by atoms with Crippen molar-refractivity contribution in [1.29, 1.82) is 0 Å². The lowest BCUT2D eigenvalue weighted by Crippen LogP contribution is -2.29. The molecule has 0 spiro atoms. The molecule has 4 nitrogen and oxygen atoms in total. The second kappa shape index (κ2) is 5.19. The van der Waals surface area contributed by atoms with Gasteiger partial charge in [0, 0.05) is 31.8 Å². The second-order valence-electron chi connectivity index (χ2n) is 4.45. The van der Waals surface area contributed by atoms with Gasteiger partial charge in [-0.2, -0.15) is 0 Å². The fourth-order valence-electron chi connectivity index (χ4n) is 2.25. The number of nitrogens with zero attached hydrogens (tertiary/aromatic N) is 1. The molecule has 1 aromatic rings. The zero-order valence-electron chi connectivity index (χ0n) is 10.1. The van der Waals surface area contributed by atoms with Gasteiger partial charge < -0.3 is 15.4 Å². The molecule has 0 radical (unpaired) electrons. The summed E-state index contributed by atoms with van der Waals surface area (Å²) >= 11 is 0. The Morgan fingerprint density at radius 2 is 2.29 bits per heavy atom. The normalized spacial score (nSPS) is 19.6. The number of hydrogen-bond donors (Lipinski definition) is 1. The maximum atomic E-state index is 12.2. The smallest absolute Gasteiger partial charge is 0.255 e. The van der Waals surface area contributed by atoms with Crippen LogP contribution in [0.3, 0.4) is 0 Å². The Morgan fingerprint density at radius 3 is 3.00 bits per heavy atom. The standard InChI is InChI=1S/C13H18N2O2/c1-17-9-10-6-7-15(8-10)13(16)11-4-2-3-5-12(11)14/h2-5,10H,6-9,14H2,1H3. The van der Waals surface area contributed by atoms with Gasteiger partial charge in [-0.05, 0) is 18.6 Å². The highest BCUT2D eigenvalue weighted by molar-refractivity contribution is 5.99. The van der Waals surface area contributed by atoms with Crippen molar-refractivity contribution >= 4 is 11.6 Å². The number of ether oxygens (including phenoxy) is 1. The number of benzene rings is 1. The number of likely N-dealkylation sites (tertiary alicyclic amines) is 1. The van der Waals surface area contributed by atoms with Crippen LogP contribution in [0.15, 0.2) is 24.3 Å². The van der Waals surface area contributed by atoms with Crippen LogP contribution in [0.5, 0.6) is 0 Å². The molecule has 0 saturated carbocycles. The lowest BCUT2D eigenvalue weighted by Gasteiger charge is -2.17. The van der Waals surface area contributed by atoms with Crippen LogP contribution >= 0.6 is 0 Å². The van der Waals surface area contributed by atoms with Crippen molar-refractivity contribution in [1.82, 2.24) is 4.90 Å². The molecule has 17 heavy (non-hydrogen) atoms. The summed E-state index contributed by atoms with van der Waals surface area (Å²) in [6.45, 7) is 2.27. The second-order valence-corrected chi connectivity index (χ2v) is 4.45. The Balaban J connectivity index is 2.05. The molecule has 1 aliphatic rings. The van der Waals surface area contributed by atoms with Gasteiger partial charge in [0.1, 0.15) is 0 Å².